The van der Waals surface area contributed by atoms with Crippen molar-refractivity contribution in [3.8, 4) is 5.69 Å². The molecule has 4 rings (SSSR count). The van der Waals surface area contributed by atoms with Crippen LogP contribution in [0.15, 0.2) is 24.3 Å². The van der Waals surface area contributed by atoms with Gasteiger partial charge in [0.05, 0.1) is 11.6 Å². The van der Waals surface area contributed by atoms with Gasteiger partial charge < -0.3 is 9.88 Å². The predicted octanol–water partition coefficient (Wildman–Crippen LogP) is 4.71. The highest BCUT2D eigenvalue weighted by molar-refractivity contribution is 6.30. The Bertz CT molecular complexity index is 1070. The first-order chi connectivity index (χ1) is 14.7. The number of aryl methyl sites for hydroxylation is 1. The lowest BCUT2D eigenvalue weighted by Gasteiger charge is -2.24. The Kier molecular flexibility index (Phi) is 5.64. The maximum Gasteiger partial charge on any atom is 0.325 e. The van der Waals surface area contributed by atoms with E-state index in [4.69, 9.17) is 11.6 Å². The molecule has 2 aliphatic rings. The van der Waals surface area contributed by atoms with Crippen LogP contribution < -0.4 is 5.32 Å². The fraction of sp³-hybridized carbons (Fsp3) is 0.435. The summed E-state index contributed by atoms with van der Waals surface area (Å²) in [6, 6.07) is 5.58. The molecule has 0 unspecified atom stereocenters. The molecule has 164 valence electrons. The van der Waals surface area contributed by atoms with Crippen LogP contribution in [0.3, 0.4) is 0 Å². The van der Waals surface area contributed by atoms with Crippen molar-refractivity contribution in [2.24, 2.45) is 0 Å². The molecular formula is C23H25ClFN3O3. The van der Waals surface area contributed by atoms with Crippen molar-refractivity contribution < 1.29 is 18.8 Å². The summed E-state index contributed by atoms with van der Waals surface area (Å²) in [7, 11) is 0. The number of hydrogen-bond donors (Lipinski definition) is 1. The number of benzene rings is 1. The second kappa shape index (κ2) is 8.11. The Labute approximate surface area is 185 Å². The molecule has 2 fully saturated rings. The van der Waals surface area contributed by atoms with Crippen molar-refractivity contribution in [2.45, 2.75) is 57.9 Å². The zero-order chi connectivity index (χ0) is 22.3. The molecule has 0 atom stereocenters. The number of rotatable bonds is 4. The summed E-state index contributed by atoms with van der Waals surface area (Å²) in [4.78, 5) is 39.8. The van der Waals surface area contributed by atoms with Crippen molar-refractivity contribution >= 4 is 29.3 Å². The molecule has 1 aromatic heterocycles. The first kappa shape index (κ1) is 21.6. The minimum Gasteiger partial charge on any atom is -0.323 e. The molecule has 31 heavy (non-hydrogen) atoms. The number of Topliss-reactive ketones (excluding diaryl/α,β-unsaturated/α-hetero) is 1. The van der Waals surface area contributed by atoms with Crippen molar-refractivity contribution in [1.82, 2.24) is 14.8 Å². The number of nitrogens with one attached hydrogen (secondary N) is 1. The molecule has 0 bridgehead atoms. The predicted molar refractivity (Wildman–Crippen MR) is 115 cm³/mol. The van der Waals surface area contributed by atoms with Gasteiger partial charge in [-0.1, -0.05) is 37.3 Å². The number of halogens is 2. The van der Waals surface area contributed by atoms with Crippen LogP contribution in [0.25, 0.3) is 5.69 Å². The zero-order valence-corrected chi connectivity index (χ0v) is 18.4. The number of imide groups is 1. The molecule has 2 aromatic rings. The van der Waals surface area contributed by atoms with E-state index in [1.165, 1.54) is 12.1 Å². The molecule has 1 N–H and O–H groups in total. The SMILES string of the molecule is Cc1cc(C(=O)CN2C(=O)NC3(CCCCCC3)C2=O)c(C)n1-c1ccc(F)c(Cl)c1. The molecule has 1 spiro atoms. The smallest absolute Gasteiger partial charge is 0.323 e. The van der Waals surface area contributed by atoms with E-state index >= 15 is 0 Å². The van der Waals surface area contributed by atoms with Crippen molar-refractivity contribution in [2.75, 3.05) is 6.54 Å². The molecule has 1 aliphatic carbocycles. The van der Waals surface area contributed by atoms with E-state index in [0.717, 1.165) is 36.3 Å². The van der Waals surface area contributed by atoms with Crippen LogP contribution in [0.4, 0.5) is 9.18 Å². The van der Waals surface area contributed by atoms with Gasteiger partial charge in [-0.3, -0.25) is 14.5 Å². The van der Waals surface area contributed by atoms with Gasteiger partial charge in [-0.2, -0.15) is 0 Å². The van der Waals surface area contributed by atoms with E-state index < -0.39 is 17.4 Å². The quantitative estimate of drug-likeness (QED) is 0.547. The highest BCUT2D eigenvalue weighted by atomic mass is 35.5. The Morgan fingerprint density at radius 3 is 2.45 bits per heavy atom. The number of nitrogens with zero attached hydrogens (tertiary/aromatic N) is 2. The molecule has 1 saturated heterocycles. The van der Waals surface area contributed by atoms with E-state index in [9.17, 15) is 18.8 Å². The number of amides is 3. The fourth-order valence-electron chi connectivity index (χ4n) is 4.79. The first-order valence-electron chi connectivity index (χ1n) is 10.6. The molecule has 8 heteroatoms. The van der Waals surface area contributed by atoms with Gasteiger partial charge in [0.25, 0.3) is 5.91 Å². The van der Waals surface area contributed by atoms with Gasteiger partial charge in [-0.15, -0.1) is 0 Å². The molecule has 1 saturated carbocycles. The summed E-state index contributed by atoms with van der Waals surface area (Å²) < 4.78 is 15.4. The maximum atomic E-state index is 13.6. The summed E-state index contributed by atoms with van der Waals surface area (Å²) in [5.74, 6) is -1.14. The third kappa shape index (κ3) is 3.76. The molecule has 1 aromatic carbocycles. The van der Waals surface area contributed by atoms with Crippen LogP contribution in [0.2, 0.25) is 5.02 Å². The van der Waals surface area contributed by atoms with E-state index in [1.54, 1.807) is 23.6 Å². The summed E-state index contributed by atoms with van der Waals surface area (Å²) in [5, 5.41) is 2.86. The van der Waals surface area contributed by atoms with Crippen LogP contribution in [0, 0.1) is 19.7 Å². The van der Waals surface area contributed by atoms with Gasteiger partial charge in [0.2, 0.25) is 0 Å². The Morgan fingerprint density at radius 2 is 1.81 bits per heavy atom. The largest absolute Gasteiger partial charge is 0.325 e. The average Bonchev–Trinajstić information content (AvgIpc) is 3.01. The Morgan fingerprint density at radius 1 is 1.13 bits per heavy atom. The lowest BCUT2D eigenvalue weighted by atomic mass is 9.90. The number of carbonyl (C=O) groups is 3. The molecule has 1 aliphatic heterocycles. The van der Waals surface area contributed by atoms with Gasteiger partial charge in [0.1, 0.15) is 11.4 Å². The van der Waals surface area contributed by atoms with E-state index in [2.05, 4.69) is 5.32 Å². The van der Waals surface area contributed by atoms with Crippen LogP contribution in [-0.4, -0.2) is 39.3 Å². The first-order valence-corrected chi connectivity index (χ1v) is 10.9. The average molecular weight is 446 g/mol. The Balaban J connectivity index is 1.59. The van der Waals surface area contributed by atoms with Crippen LogP contribution in [0.1, 0.15) is 60.3 Å². The number of carbonyl (C=O) groups excluding carboxylic acids is 3. The highest BCUT2D eigenvalue weighted by Gasteiger charge is 2.51. The third-order valence-electron chi connectivity index (χ3n) is 6.40. The molecule has 6 nitrogen and oxygen atoms in total. The highest BCUT2D eigenvalue weighted by Crippen LogP contribution is 2.33. The Hall–Kier alpha value is -2.67. The molecule has 0 radical (unpaired) electrons. The third-order valence-corrected chi connectivity index (χ3v) is 6.69. The zero-order valence-electron chi connectivity index (χ0n) is 17.6. The summed E-state index contributed by atoms with van der Waals surface area (Å²) >= 11 is 5.92. The number of aromatic nitrogens is 1. The van der Waals surface area contributed by atoms with E-state index in [0.29, 0.717) is 29.8 Å². The van der Waals surface area contributed by atoms with Gasteiger partial charge in [0, 0.05) is 22.6 Å². The van der Waals surface area contributed by atoms with Gasteiger partial charge in [-0.05, 0) is 51.0 Å². The topological polar surface area (TPSA) is 71.4 Å². The normalized spacial score (nSPS) is 18.4. The minimum atomic E-state index is -0.865. The molecular weight excluding hydrogens is 421 g/mol. The maximum absolute atomic E-state index is 13.6. The van der Waals surface area contributed by atoms with Gasteiger partial charge in [0.15, 0.2) is 5.78 Å². The van der Waals surface area contributed by atoms with E-state index in [-0.39, 0.29) is 23.3 Å². The fourth-order valence-corrected chi connectivity index (χ4v) is 4.96. The van der Waals surface area contributed by atoms with Crippen LogP contribution >= 0.6 is 11.6 Å². The molecule has 2 heterocycles. The molecule has 3 amide bonds. The number of ketones is 1. The second-order valence-corrected chi connectivity index (χ2v) is 8.87. The van der Waals surface area contributed by atoms with Crippen LogP contribution in [-0.2, 0) is 4.79 Å². The van der Waals surface area contributed by atoms with Crippen LogP contribution in [0.5, 0.6) is 0 Å². The lowest BCUT2D eigenvalue weighted by Crippen LogP contribution is -2.46. The summed E-state index contributed by atoms with van der Waals surface area (Å²) in [5.41, 5.74) is 1.59. The standard InChI is InChI=1S/C23H25ClFN3O3/c1-14-11-17(15(2)28(14)16-7-8-19(25)18(24)12-16)20(29)13-27-21(30)23(26-22(27)31)9-5-3-4-6-10-23/h7-8,11-12H,3-6,9-10,13H2,1-2H3,(H,26,31). The van der Waals surface area contributed by atoms with Crippen molar-refractivity contribution in [3.63, 3.8) is 0 Å². The summed E-state index contributed by atoms with van der Waals surface area (Å²) in [6.07, 6.45) is 5.08. The monoisotopic (exact) mass is 445 g/mol. The van der Waals surface area contributed by atoms with Gasteiger partial charge >= 0.3 is 6.03 Å². The minimum absolute atomic E-state index is 0.00842. The number of urea groups is 1. The van der Waals surface area contributed by atoms with Crippen molar-refractivity contribution in [3.05, 3.63) is 52.1 Å². The second-order valence-electron chi connectivity index (χ2n) is 8.46. The summed E-state index contributed by atoms with van der Waals surface area (Å²) in [6.45, 7) is 3.30. The van der Waals surface area contributed by atoms with Crippen molar-refractivity contribution in [1.29, 1.82) is 0 Å². The number of hydrogen-bond acceptors (Lipinski definition) is 3. The van der Waals surface area contributed by atoms with E-state index in [1.807, 2.05) is 6.92 Å². The van der Waals surface area contributed by atoms with Gasteiger partial charge in [-0.25, -0.2) is 9.18 Å². The lowest BCUT2D eigenvalue weighted by molar-refractivity contribution is -0.131.